The van der Waals surface area contributed by atoms with Crippen LogP contribution in [0.3, 0.4) is 0 Å². The van der Waals surface area contributed by atoms with E-state index in [1.807, 2.05) is 0 Å². The van der Waals surface area contributed by atoms with E-state index in [9.17, 15) is 0 Å². The molecule has 0 saturated heterocycles. The van der Waals surface area contributed by atoms with Crippen molar-refractivity contribution in [2.24, 2.45) is 4.99 Å². The maximum atomic E-state index is 6.11. The Balaban J connectivity index is 1.05. The third kappa shape index (κ3) is 5.08. The van der Waals surface area contributed by atoms with Crippen LogP contribution in [0, 0.1) is 0 Å². The van der Waals surface area contributed by atoms with Crippen LogP contribution in [-0.4, -0.2) is 9.13 Å². The fourth-order valence-corrected chi connectivity index (χ4v) is 9.66. The number of hydrogen-bond donors (Lipinski definition) is 1. The Hall–Kier alpha value is -7.63. The molecule has 0 radical (unpaired) electrons. The lowest BCUT2D eigenvalue weighted by molar-refractivity contribution is 0.480. The molecule has 12 rings (SSSR count). The van der Waals surface area contributed by atoms with E-state index in [1.54, 1.807) is 0 Å². The number of para-hydroxylation sites is 4. The summed E-state index contributed by atoms with van der Waals surface area (Å²) in [5.41, 5.74) is 11.7. The minimum atomic E-state index is -0.422. The molecular formula is C54H38N4O. The second-order valence-corrected chi connectivity index (χ2v) is 15.6. The molecule has 0 spiro atoms. The van der Waals surface area contributed by atoms with Gasteiger partial charge in [0.05, 0.1) is 33.1 Å². The predicted molar refractivity (Wildman–Crippen MR) is 244 cm³/mol. The summed E-state index contributed by atoms with van der Waals surface area (Å²) >= 11 is 0. The molecule has 0 fully saturated rings. The van der Waals surface area contributed by atoms with Gasteiger partial charge in [0.15, 0.2) is 0 Å². The molecule has 0 bridgehead atoms. The topological polar surface area (TPSA) is 47.4 Å². The largest absolute Gasteiger partial charge is 0.461 e. The van der Waals surface area contributed by atoms with Gasteiger partial charge in [-0.25, -0.2) is 4.99 Å². The van der Waals surface area contributed by atoms with Crippen molar-refractivity contribution in [3.63, 3.8) is 0 Å². The smallest absolute Gasteiger partial charge is 0.201 e. The normalized spacial score (nSPS) is 15.2. The first-order valence-electron chi connectivity index (χ1n) is 20.3. The number of aryl methyl sites for hydroxylation is 1. The van der Waals surface area contributed by atoms with Crippen LogP contribution in [0.1, 0.15) is 24.0 Å². The minimum absolute atomic E-state index is 0.422. The Kier molecular flexibility index (Phi) is 7.35. The van der Waals surface area contributed by atoms with Gasteiger partial charge >= 0.3 is 0 Å². The number of hydrogen-bond acceptors (Lipinski definition) is 3. The molecule has 0 saturated carbocycles. The Bertz CT molecular complexity index is 3690. The van der Waals surface area contributed by atoms with Gasteiger partial charge in [-0.3, -0.25) is 0 Å². The van der Waals surface area contributed by atoms with E-state index >= 15 is 0 Å². The molecule has 5 heteroatoms. The lowest BCUT2D eigenvalue weighted by Gasteiger charge is -2.25. The highest BCUT2D eigenvalue weighted by Gasteiger charge is 2.24. The van der Waals surface area contributed by atoms with Gasteiger partial charge in [0.2, 0.25) is 6.29 Å². The van der Waals surface area contributed by atoms with Gasteiger partial charge in [-0.15, -0.1) is 0 Å². The van der Waals surface area contributed by atoms with Gasteiger partial charge in [0.25, 0.3) is 0 Å². The SMILES string of the molecule is C=C(/C=c1/c2c(oc1=C)CCC=C2)C1=c2ccccc2=NC(n2c3ccccc3c3cc(-c4cc5c(c6ccccc46)c4ccccc4n5-c4ccccc4)ccc32)N1. The first-order valence-corrected chi connectivity index (χ1v) is 20.3. The fourth-order valence-electron chi connectivity index (χ4n) is 9.66. The van der Waals surface area contributed by atoms with E-state index in [4.69, 9.17) is 9.41 Å². The summed E-state index contributed by atoms with van der Waals surface area (Å²) in [5, 5.41) is 14.1. The van der Waals surface area contributed by atoms with E-state index < -0.39 is 6.29 Å². The zero-order valence-corrected chi connectivity index (χ0v) is 32.3. The number of benzene rings is 7. The summed E-state index contributed by atoms with van der Waals surface area (Å²) in [6.07, 6.45) is 7.89. The molecule has 1 aliphatic carbocycles. The van der Waals surface area contributed by atoms with E-state index in [2.05, 4.69) is 197 Å². The van der Waals surface area contributed by atoms with Gasteiger partial charge in [0, 0.05) is 49.7 Å². The molecule has 1 atom stereocenters. The second kappa shape index (κ2) is 12.9. The zero-order valence-electron chi connectivity index (χ0n) is 32.3. The first kappa shape index (κ1) is 33.5. The minimum Gasteiger partial charge on any atom is -0.461 e. The fraction of sp³-hybridized carbons (Fsp3) is 0.0556. The monoisotopic (exact) mass is 758 g/mol. The summed E-state index contributed by atoms with van der Waals surface area (Å²) < 4.78 is 10.9. The standard InChI is InChI=1S/C54H38N4O/c1-33(30-43-34(2)59-51-27-15-11-20-39(43)51)53-41-22-8-12-24-46(41)55-54(56-53)58-47-25-13-9-19-38(47)45-31-35(28-29-49(45)58)44-32-50-52(40-21-7-6-18-37(40)44)42-23-10-14-26-48(42)57(50)36-16-4-3-5-17-36/h3-14,16-26,28-32,54,56H,1-2,15,27H2/b43-30+. The summed E-state index contributed by atoms with van der Waals surface area (Å²) in [4.78, 5) is 5.35. The van der Waals surface area contributed by atoms with Crippen LogP contribution in [0.5, 0.6) is 0 Å². The molecule has 0 amide bonds. The maximum absolute atomic E-state index is 6.11. The number of aromatic nitrogens is 2. The first-order chi connectivity index (χ1) is 29.1. The molecule has 3 aromatic heterocycles. The Labute approximate surface area is 339 Å². The van der Waals surface area contributed by atoms with Crippen molar-refractivity contribution in [3.05, 3.63) is 202 Å². The van der Waals surface area contributed by atoms with Crippen LogP contribution < -0.4 is 26.5 Å². The van der Waals surface area contributed by atoms with Crippen molar-refractivity contribution in [2.75, 3.05) is 0 Å². The molecule has 4 heterocycles. The van der Waals surface area contributed by atoms with Crippen molar-refractivity contribution < 1.29 is 4.42 Å². The molecule has 59 heavy (non-hydrogen) atoms. The summed E-state index contributed by atoms with van der Waals surface area (Å²) in [6, 6.07) is 54.6. The highest BCUT2D eigenvalue weighted by Crippen LogP contribution is 2.43. The van der Waals surface area contributed by atoms with Gasteiger partial charge in [-0.1, -0.05) is 128 Å². The molecular weight excluding hydrogens is 721 g/mol. The van der Waals surface area contributed by atoms with E-state index in [1.165, 1.54) is 54.5 Å². The van der Waals surface area contributed by atoms with E-state index in [0.29, 0.717) is 5.42 Å². The highest BCUT2D eigenvalue weighted by atomic mass is 16.3. The lowest BCUT2D eigenvalue weighted by atomic mass is 9.94. The average Bonchev–Trinajstić information content (AvgIpc) is 3.92. The van der Waals surface area contributed by atoms with Crippen LogP contribution in [0.4, 0.5) is 0 Å². The zero-order chi connectivity index (χ0) is 39.2. The van der Waals surface area contributed by atoms with Crippen molar-refractivity contribution >= 4 is 78.8 Å². The summed E-state index contributed by atoms with van der Waals surface area (Å²) in [7, 11) is 0. The molecule has 1 N–H and O–H groups in total. The van der Waals surface area contributed by atoms with Crippen LogP contribution in [0.2, 0.25) is 0 Å². The van der Waals surface area contributed by atoms with Crippen molar-refractivity contribution in [2.45, 2.75) is 19.1 Å². The lowest BCUT2D eigenvalue weighted by Crippen LogP contribution is -2.41. The third-order valence-corrected chi connectivity index (χ3v) is 12.3. The van der Waals surface area contributed by atoms with Gasteiger partial charge in [0.1, 0.15) is 11.2 Å². The van der Waals surface area contributed by atoms with Crippen LogP contribution in [-0.2, 0) is 6.42 Å². The Morgan fingerprint density at radius 1 is 0.695 bits per heavy atom. The number of nitrogens with one attached hydrogen (secondary N) is 1. The van der Waals surface area contributed by atoms with Crippen LogP contribution in [0.25, 0.3) is 95.6 Å². The molecule has 1 unspecified atom stereocenters. The number of fused-ring (bicyclic) bond motifs is 10. The Morgan fingerprint density at radius 2 is 1.41 bits per heavy atom. The van der Waals surface area contributed by atoms with Crippen molar-refractivity contribution in [3.8, 4) is 16.8 Å². The van der Waals surface area contributed by atoms with Gasteiger partial charge < -0.3 is 18.9 Å². The summed E-state index contributed by atoms with van der Waals surface area (Å²) in [6.45, 7) is 8.87. The molecule has 10 aromatic rings. The summed E-state index contributed by atoms with van der Waals surface area (Å²) in [5.74, 6) is 0.989. The quantitative estimate of drug-likeness (QED) is 0.190. The average molecular weight is 759 g/mol. The van der Waals surface area contributed by atoms with Gasteiger partial charge in [-0.05, 0) is 88.5 Å². The van der Waals surface area contributed by atoms with Crippen molar-refractivity contribution in [1.82, 2.24) is 14.5 Å². The molecule has 2 aliphatic rings. The molecule has 7 aromatic carbocycles. The van der Waals surface area contributed by atoms with E-state index in [-0.39, 0.29) is 0 Å². The highest BCUT2D eigenvalue weighted by molar-refractivity contribution is 6.24. The molecule has 280 valence electrons. The second-order valence-electron chi connectivity index (χ2n) is 15.6. The predicted octanol–water partition coefficient (Wildman–Crippen LogP) is 10.2. The molecule has 5 nitrogen and oxygen atoms in total. The third-order valence-electron chi connectivity index (χ3n) is 12.3. The number of rotatable bonds is 5. The van der Waals surface area contributed by atoms with E-state index in [0.717, 1.165) is 68.0 Å². The molecule has 1 aliphatic heterocycles. The van der Waals surface area contributed by atoms with Gasteiger partial charge in [-0.2, -0.15) is 0 Å². The Morgan fingerprint density at radius 3 is 2.27 bits per heavy atom. The van der Waals surface area contributed by atoms with Crippen LogP contribution >= 0.6 is 0 Å². The number of furan rings is 1. The maximum Gasteiger partial charge on any atom is 0.201 e. The number of allylic oxidation sites excluding steroid dienone is 1. The van der Waals surface area contributed by atoms with Crippen LogP contribution in [0.15, 0.2) is 179 Å². The number of nitrogens with zero attached hydrogens (tertiary/aromatic N) is 3. The van der Waals surface area contributed by atoms with Crippen molar-refractivity contribution in [1.29, 1.82) is 0 Å².